The van der Waals surface area contributed by atoms with Crippen LogP contribution in [-0.4, -0.2) is 43.8 Å². The molecule has 1 saturated heterocycles. The van der Waals surface area contributed by atoms with E-state index in [4.69, 9.17) is 4.52 Å². The number of aromatic nitrogens is 4. The normalized spacial score (nSPS) is 16.9. The average molecular weight is 397 g/mol. The molecule has 0 radical (unpaired) electrons. The van der Waals surface area contributed by atoms with E-state index in [1.165, 1.54) is 12.1 Å². The summed E-state index contributed by atoms with van der Waals surface area (Å²) >= 11 is 0. The number of nitrogens with zero attached hydrogens (tertiary/aromatic N) is 5. The van der Waals surface area contributed by atoms with Crippen molar-refractivity contribution in [1.82, 2.24) is 24.8 Å². The number of amides is 1. The highest BCUT2D eigenvalue weighted by Gasteiger charge is 2.25. The van der Waals surface area contributed by atoms with Crippen LogP contribution in [0.15, 0.2) is 41.2 Å². The zero-order chi connectivity index (χ0) is 20.2. The molecule has 1 atom stereocenters. The zero-order valence-electron chi connectivity index (χ0n) is 16.4. The van der Waals surface area contributed by atoms with Gasteiger partial charge in [0.25, 0.3) is 11.8 Å². The molecule has 152 valence electrons. The number of halogens is 1. The maximum Gasteiger partial charge on any atom is 0.257 e. The second kappa shape index (κ2) is 8.55. The van der Waals surface area contributed by atoms with E-state index in [1.54, 1.807) is 23.0 Å². The topological polar surface area (TPSA) is 77.0 Å². The fourth-order valence-electron chi connectivity index (χ4n) is 3.71. The molecule has 0 saturated carbocycles. The number of aryl methyl sites for hydroxylation is 2. The van der Waals surface area contributed by atoms with Gasteiger partial charge in [-0.05, 0) is 56.4 Å². The van der Waals surface area contributed by atoms with Gasteiger partial charge in [-0.3, -0.25) is 9.48 Å². The molecule has 29 heavy (non-hydrogen) atoms. The van der Waals surface area contributed by atoms with E-state index in [1.807, 2.05) is 18.0 Å². The van der Waals surface area contributed by atoms with Crippen LogP contribution >= 0.6 is 0 Å². The third-order valence-electron chi connectivity index (χ3n) is 5.35. The van der Waals surface area contributed by atoms with Crippen LogP contribution in [0.4, 0.5) is 4.39 Å². The molecule has 1 aromatic carbocycles. The molecule has 1 unspecified atom stereocenters. The van der Waals surface area contributed by atoms with Gasteiger partial charge < -0.3 is 9.42 Å². The summed E-state index contributed by atoms with van der Waals surface area (Å²) in [6.07, 6.45) is 7.10. The number of likely N-dealkylation sites (tertiary alicyclic amines) is 1. The lowest BCUT2D eigenvalue weighted by Crippen LogP contribution is -2.40. The number of piperidine rings is 1. The van der Waals surface area contributed by atoms with Crippen LogP contribution in [0.1, 0.15) is 42.4 Å². The predicted octanol–water partition coefficient (Wildman–Crippen LogP) is 3.58. The molecular weight excluding hydrogens is 373 g/mol. The third-order valence-corrected chi connectivity index (χ3v) is 5.35. The van der Waals surface area contributed by atoms with Gasteiger partial charge in [-0.15, -0.1) is 0 Å². The van der Waals surface area contributed by atoms with Crippen molar-refractivity contribution < 1.29 is 13.7 Å². The summed E-state index contributed by atoms with van der Waals surface area (Å²) in [4.78, 5) is 19.1. The molecule has 1 aliphatic rings. The lowest BCUT2D eigenvalue weighted by atomic mass is 9.93. The number of hydrogen-bond acceptors (Lipinski definition) is 5. The number of benzene rings is 1. The molecule has 0 spiro atoms. The first kappa shape index (κ1) is 19.3. The van der Waals surface area contributed by atoms with E-state index >= 15 is 0 Å². The Kier molecular flexibility index (Phi) is 5.69. The van der Waals surface area contributed by atoms with E-state index in [-0.39, 0.29) is 11.7 Å². The first-order chi connectivity index (χ1) is 14.1. The molecule has 0 N–H and O–H groups in total. The van der Waals surface area contributed by atoms with E-state index in [2.05, 4.69) is 15.2 Å². The first-order valence-electron chi connectivity index (χ1n) is 10.0. The van der Waals surface area contributed by atoms with Crippen molar-refractivity contribution in [2.24, 2.45) is 5.92 Å². The fourth-order valence-corrected chi connectivity index (χ4v) is 3.71. The van der Waals surface area contributed by atoms with Crippen molar-refractivity contribution in [3.05, 3.63) is 53.9 Å². The van der Waals surface area contributed by atoms with E-state index in [9.17, 15) is 9.18 Å². The zero-order valence-corrected chi connectivity index (χ0v) is 16.4. The van der Waals surface area contributed by atoms with Crippen LogP contribution in [0.25, 0.3) is 11.5 Å². The summed E-state index contributed by atoms with van der Waals surface area (Å²) in [7, 11) is 0. The van der Waals surface area contributed by atoms with Crippen molar-refractivity contribution in [3.8, 4) is 11.5 Å². The monoisotopic (exact) mass is 397 g/mol. The van der Waals surface area contributed by atoms with Crippen LogP contribution in [-0.2, 0) is 13.0 Å². The highest BCUT2D eigenvalue weighted by Crippen LogP contribution is 2.23. The van der Waals surface area contributed by atoms with Crippen LogP contribution in [0.2, 0.25) is 0 Å². The van der Waals surface area contributed by atoms with Crippen molar-refractivity contribution >= 4 is 5.91 Å². The minimum Gasteiger partial charge on any atom is -0.338 e. The van der Waals surface area contributed by atoms with Gasteiger partial charge in [-0.25, -0.2) is 4.39 Å². The number of hydrogen-bond donors (Lipinski definition) is 0. The molecule has 1 aliphatic heterocycles. The molecule has 4 rings (SSSR count). The van der Waals surface area contributed by atoms with Gasteiger partial charge in [0, 0.05) is 37.8 Å². The SMILES string of the molecule is CCn1cc(C(=O)N2CCCC(CCc3noc(-c4ccc(F)cc4)n3)C2)cn1. The Morgan fingerprint density at radius 2 is 2.14 bits per heavy atom. The Morgan fingerprint density at radius 1 is 1.31 bits per heavy atom. The third kappa shape index (κ3) is 4.52. The summed E-state index contributed by atoms with van der Waals surface area (Å²) in [6.45, 7) is 4.26. The van der Waals surface area contributed by atoms with Gasteiger partial charge in [0.05, 0.1) is 11.8 Å². The maximum absolute atomic E-state index is 13.1. The van der Waals surface area contributed by atoms with Gasteiger partial charge in [0.2, 0.25) is 0 Å². The minimum atomic E-state index is -0.299. The molecule has 3 aromatic rings. The molecule has 8 heteroatoms. The molecule has 7 nitrogen and oxygen atoms in total. The van der Waals surface area contributed by atoms with Gasteiger partial charge >= 0.3 is 0 Å². The van der Waals surface area contributed by atoms with Gasteiger partial charge in [0.15, 0.2) is 5.82 Å². The Balaban J connectivity index is 1.33. The van der Waals surface area contributed by atoms with Crippen LogP contribution < -0.4 is 0 Å². The van der Waals surface area contributed by atoms with Gasteiger partial charge in [0.1, 0.15) is 5.82 Å². The summed E-state index contributed by atoms with van der Waals surface area (Å²) < 4.78 is 20.1. The summed E-state index contributed by atoms with van der Waals surface area (Å²) in [5.41, 5.74) is 1.35. The molecule has 1 amide bonds. The lowest BCUT2D eigenvalue weighted by Gasteiger charge is -2.32. The number of rotatable bonds is 6. The van der Waals surface area contributed by atoms with Gasteiger partial charge in [-0.2, -0.15) is 10.1 Å². The largest absolute Gasteiger partial charge is 0.338 e. The standard InChI is InChI=1S/C21H24FN5O2/c1-2-27-14-17(12-23-27)21(28)26-11-3-4-15(13-26)5-10-19-24-20(29-25-19)16-6-8-18(22)9-7-16/h6-9,12,14-15H,2-5,10-11,13H2,1H3. The molecule has 3 heterocycles. The van der Waals surface area contributed by atoms with Crippen molar-refractivity contribution in [1.29, 1.82) is 0 Å². The summed E-state index contributed by atoms with van der Waals surface area (Å²) in [5.74, 6) is 1.19. The van der Waals surface area contributed by atoms with Crippen LogP contribution in [0.5, 0.6) is 0 Å². The Hall–Kier alpha value is -3.03. The molecule has 0 aliphatic carbocycles. The Morgan fingerprint density at radius 3 is 2.90 bits per heavy atom. The van der Waals surface area contributed by atoms with Crippen LogP contribution in [0, 0.1) is 11.7 Å². The van der Waals surface area contributed by atoms with E-state index < -0.39 is 0 Å². The van der Waals surface area contributed by atoms with Gasteiger partial charge in [-0.1, -0.05) is 5.16 Å². The predicted molar refractivity (Wildman–Crippen MR) is 105 cm³/mol. The number of carbonyl (C=O) groups excluding carboxylic acids is 1. The van der Waals surface area contributed by atoms with Crippen molar-refractivity contribution in [2.45, 2.75) is 39.2 Å². The van der Waals surface area contributed by atoms with Crippen molar-refractivity contribution in [2.75, 3.05) is 13.1 Å². The maximum atomic E-state index is 13.1. The quantitative estimate of drug-likeness (QED) is 0.635. The smallest absolute Gasteiger partial charge is 0.257 e. The fraction of sp³-hybridized carbons (Fsp3) is 0.429. The lowest BCUT2D eigenvalue weighted by molar-refractivity contribution is 0.0668. The highest BCUT2D eigenvalue weighted by atomic mass is 19.1. The average Bonchev–Trinajstić information content (AvgIpc) is 3.42. The first-order valence-corrected chi connectivity index (χ1v) is 10.0. The van der Waals surface area contributed by atoms with Crippen molar-refractivity contribution in [3.63, 3.8) is 0 Å². The molecule has 1 fully saturated rings. The second-order valence-corrected chi connectivity index (χ2v) is 7.41. The highest BCUT2D eigenvalue weighted by molar-refractivity contribution is 5.93. The minimum absolute atomic E-state index is 0.0487. The summed E-state index contributed by atoms with van der Waals surface area (Å²) in [5, 5.41) is 8.24. The molecular formula is C21H24FN5O2. The Bertz CT molecular complexity index is 966. The molecule has 2 aromatic heterocycles. The second-order valence-electron chi connectivity index (χ2n) is 7.41. The van der Waals surface area contributed by atoms with Crippen LogP contribution in [0.3, 0.4) is 0 Å². The van der Waals surface area contributed by atoms with E-state index in [0.717, 1.165) is 38.9 Å². The summed E-state index contributed by atoms with van der Waals surface area (Å²) in [6, 6.07) is 5.99. The van der Waals surface area contributed by atoms with E-state index in [0.29, 0.717) is 35.2 Å². The number of carbonyl (C=O) groups is 1. The molecule has 0 bridgehead atoms. The Labute approximate surface area is 168 Å².